The van der Waals surface area contributed by atoms with E-state index >= 15 is 0 Å². The second kappa shape index (κ2) is 8.09. The molecule has 2 aromatic carbocycles. The van der Waals surface area contributed by atoms with Crippen molar-refractivity contribution < 1.29 is 22.0 Å². The van der Waals surface area contributed by atoms with Crippen molar-refractivity contribution in [1.29, 1.82) is 0 Å². The number of imidazole rings is 1. The van der Waals surface area contributed by atoms with Gasteiger partial charge in [0.05, 0.1) is 21.2 Å². The summed E-state index contributed by atoms with van der Waals surface area (Å²) >= 11 is 1.09. The Labute approximate surface area is 170 Å². The van der Waals surface area contributed by atoms with E-state index in [1.165, 1.54) is 18.2 Å². The number of hydrogen-bond donors (Lipinski definition) is 2. The first kappa shape index (κ1) is 21.2. The minimum absolute atomic E-state index is 0.0666. The van der Waals surface area contributed by atoms with Crippen LogP contribution in [0, 0.1) is 11.6 Å². The number of nitrogens with one attached hydrogen (secondary N) is 1. The minimum Gasteiger partial charge on any atom is -0.320 e. The molecule has 0 unspecified atom stereocenters. The maximum Gasteiger partial charge on any atom is 0.238 e. The molecule has 0 aliphatic rings. The molecule has 1 aromatic heterocycles. The first-order valence-corrected chi connectivity index (χ1v) is 11.0. The number of fused-ring (bicyclic) bond motifs is 1. The highest BCUT2D eigenvalue weighted by molar-refractivity contribution is 8.00. The van der Waals surface area contributed by atoms with Gasteiger partial charge < -0.3 is 9.88 Å². The standard InChI is InChI=1S/C18H18F2N4O3S2/c1-3-24-15-8-7-11(29(21,26)27)9-14(15)22-18(24)28-10(2)17(25)23-16-12(19)5-4-6-13(16)20/h4-10H,3H2,1-2H3,(H,23,25)(H2,21,26,27)/t10-/m0/s1. The van der Waals surface area contributed by atoms with E-state index in [-0.39, 0.29) is 4.90 Å². The molecule has 1 amide bonds. The molecule has 0 aliphatic carbocycles. The van der Waals surface area contributed by atoms with Crippen molar-refractivity contribution in [3.05, 3.63) is 48.0 Å². The highest BCUT2D eigenvalue weighted by atomic mass is 32.2. The third-order valence-electron chi connectivity index (χ3n) is 4.19. The molecule has 0 spiro atoms. The summed E-state index contributed by atoms with van der Waals surface area (Å²) in [6, 6.07) is 7.65. The lowest BCUT2D eigenvalue weighted by Gasteiger charge is -2.13. The monoisotopic (exact) mass is 440 g/mol. The third-order valence-corrected chi connectivity index (χ3v) is 6.19. The predicted molar refractivity (Wildman–Crippen MR) is 107 cm³/mol. The summed E-state index contributed by atoms with van der Waals surface area (Å²) in [6.07, 6.45) is 0. The van der Waals surface area contributed by atoms with Crippen LogP contribution in [0.1, 0.15) is 13.8 Å². The SMILES string of the molecule is CCn1c(S[C@@H](C)C(=O)Nc2c(F)cccc2F)nc2cc(S(N)(=O)=O)ccc21. The molecule has 154 valence electrons. The normalized spacial score (nSPS) is 12.9. The molecule has 3 aromatic rings. The number of sulfonamides is 1. The van der Waals surface area contributed by atoms with E-state index < -0.39 is 38.5 Å². The van der Waals surface area contributed by atoms with Gasteiger partial charge in [0.2, 0.25) is 15.9 Å². The van der Waals surface area contributed by atoms with Crippen molar-refractivity contribution in [3.8, 4) is 0 Å². The van der Waals surface area contributed by atoms with Crippen LogP contribution in [0.15, 0.2) is 46.5 Å². The molecule has 7 nitrogen and oxygen atoms in total. The van der Waals surface area contributed by atoms with Crippen LogP contribution < -0.4 is 10.5 Å². The van der Waals surface area contributed by atoms with Gasteiger partial charge in [0, 0.05) is 6.54 Å². The Kier molecular flexibility index (Phi) is 5.92. The fourth-order valence-electron chi connectivity index (χ4n) is 2.71. The first-order chi connectivity index (χ1) is 13.6. The van der Waals surface area contributed by atoms with Gasteiger partial charge in [-0.3, -0.25) is 4.79 Å². The van der Waals surface area contributed by atoms with Crippen molar-refractivity contribution in [2.24, 2.45) is 5.14 Å². The summed E-state index contributed by atoms with van der Waals surface area (Å²) in [5.41, 5.74) is 0.579. The molecule has 0 radical (unpaired) electrons. The Balaban J connectivity index is 1.87. The number of benzene rings is 2. The predicted octanol–water partition coefficient (Wildman–Crippen LogP) is 3.10. The summed E-state index contributed by atoms with van der Waals surface area (Å²) in [6.45, 7) is 3.97. The quantitative estimate of drug-likeness (QED) is 0.573. The maximum absolute atomic E-state index is 13.8. The van der Waals surface area contributed by atoms with E-state index in [0.29, 0.717) is 22.7 Å². The van der Waals surface area contributed by atoms with Crippen LogP contribution in [-0.2, 0) is 21.4 Å². The zero-order chi connectivity index (χ0) is 21.3. The number of rotatable bonds is 6. The summed E-state index contributed by atoms with van der Waals surface area (Å²) in [7, 11) is -3.88. The first-order valence-electron chi connectivity index (χ1n) is 8.56. The fraction of sp³-hybridized carbons (Fsp3) is 0.222. The summed E-state index contributed by atoms with van der Waals surface area (Å²) in [5, 5.41) is 7.15. The lowest BCUT2D eigenvalue weighted by molar-refractivity contribution is -0.115. The van der Waals surface area contributed by atoms with Crippen molar-refractivity contribution >= 4 is 44.4 Å². The van der Waals surface area contributed by atoms with Gasteiger partial charge in [-0.05, 0) is 44.2 Å². The lowest BCUT2D eigenvalue weighted by Crippen LogP contribution is -2.24. The second-order valence-corrected chi connectivity index (χ2v) is 9.05. The number of nitrogens with two attached hydrogens (primary N) is 1. The van der Waals surface area contributed by atoms with E-state index in [2.05, 4.69) is 10.3 Å². The number of anilines is 1. The van der Waals surface area contributed by atoms with E-state index in [1.807, 2.05) is 6.92 Å². The molecule has 1 heterocycles. The number of halogens is 2. The lowest BCUT2D eigenvalue weighted by atomic mass is 10.3. The molecule has 1 atom stereocenters. The summed E-state index contributed by atoms with van der Waals surface area (Å²) < 4.78 is 52.4. The molecule has 11 heteroatoms. The Morgan fingerprint density at radius 3 is 2.52 bits per heavy atom. The van der Waals surface area contributed by atoms with Gasteiger partial charge in [-0.15, -0.1) is 0 Å². The topological polar surface area (TPSA) is 107 Å². The number of aryl methyl sites for hydroxylation is 1. The number of para-hydroxylation sites is 1. The van der Waals surface area contributed by atoms with Crippen molar-refractivity contribution in [3.63, 3.8) is 0 Å². The van der Waals surface area contributed by atoms with Crippen molar-refractivity contribution in [2.45, 2.75) is 35.7 Å². The molecule has 0 aliphatic heterocycles. The molecular formula is C18H18F2N4O3S2. The highest BCUT2D eigenvalue weighted by Crippen LogP contribution is 2.29. The molecule has 0 saturated carbocycles. The van der Waals surface area contributed by atoms with Crippen LogP contribution in [0.5, 0.6) is 0 Å². The van der Waals surface area contributed by atoms with Crippen molar-refractivity contribution in [2.75, 3.05) is 5.32 Å². The Morgan fingerprint density at radius 1 is 1.28 bits per heavy atom. The van der Waals surface area contributed by atoms with Crippen LogP contribution in [0.25, 0.3) is 11.0 Å². The highest BCUT2D eigenvalue weighted by Gasteiger charge is 2.22. The molecule has 0 fully saturated rings. The largest absolute Gasteiger partial charge is 0.320 e. The molecule has 3 N–H and O–H groups in total. The summed E-state index contributed by atoms with van der Waals surface area (Å²) in [4.78, 5) is 16.8. The van der Waals surface area contributed by atoms with Gasteiger partial charge in [0.15, 0.2) is 5.16 Å². The average molecular weight is 440 g/mol. The zero-order valence-corrected chi connectivity index (χ0v) is 17.2. The number of carbonyl (C=O) groups is 1. The van der Waals surface area contributed by atoms with Gasteiger partial charge in [-0.1, -0.05) is 17.8 Å². The summed E-state index contributed by atoms with van der Waals surface area (Å²) in [5.74, 6) is -2.34. The Hall–Kier alpha value is -2.50. The van der Waals surface area contributed by atoms with E-state index in [0.717, 1.165) is 23.9 Å². The smallest absolute Gasteiger partial charge is 0.238 e. The Morgan fingerprint density at radius 2 is 1.93 bits per heavy atom. The second-order valence-electron chi connectivity index (χ2n) is 6.18. The molecule has 0 saturated heterocycles. The van der Waals surface area contributed by atoms with Crippen LogP contribution in [0.2, 0.25) is 0 Å². The molecule has 29 heavy (non-hydrogen) atoms. The van der Waals surface area contributed by atoms with E-state index in [4.69, 9.17) is 5.14 Å². The van der Waals surface area contributed by atoms with Gasteiger partial charge >= 0.3 is 0 Å². The number of nitrogens with zero attached hydrogens (tertiary/aromatic N) is 2. The average Bonchev–Trinajstić information content (AvgIpc) is 2.99. The van der Waals surface area contributed by atoms with Gasteiger partial charge in [-0.2, -0.15) is 0 Å². The Bertz CT molecular complexity index is 1180. The molecule has 0 bridgehead atoms. The van der Waals surface area contributed by atoms with Gasteiger partial charge in [-0.25, -0.2) is 27.3 Å². The fourth-order valence-corrected chi connectivity index (χ4v) is 4.24. The maximum atomic E-state index is 13.8. The minimum atomic E-state index is -3.88. The van der Waals surface area contributed by atoms with Crippen LogP contribution >= 0.6 is 11.8 Å². The zero-order valence-electron chi connectivity index (χ0n) is 15.5. The third kappa shape index (κ3) is 4.41. The number of aromatic nitrogens is 2. The van der Waals surface area contributed by atoms with E-state index in [1.54, 1.807) is 17.6 Å². The van der Waals surface area contributed by atoms with Crippen molar-refractivity contribution in [1.82, 2.24) is 9.55 Å². The van der Waals surface area contributed by atoms with Crippen LogP contribution in [-0.4, -0.2) is 29.1 Å². The number of carbonyl (C=O) groups excluding carboxylic acids is 1. The molecular weight excluding hydrogens is 422 g/mol. The number of hydrogen-bond acceptors (Lipinski definition) is 5. The van der Waals surface area contributed by atoms with Crippen LogP contribution in [0.4, 0.5) is 14.5 Å². The van der Waals surface area contributed by atoms with E-state index in [9.17, 15) is 22.0 Å². The molecule has 3 rings (SSSR count). The van der Waals surface area contributed by atoms with Gasteiger partial charge in [0.1, 0.15) is 17.3 Å². The van der Waals surface area contributed by atoms with Gasteiger partial charge in [0.25, 0.3) is 0 Å². The van der Waals surface area contributed by atoms with Crippen LogP contribution in [0.3, 0.4) is 0 Å². The number of amides is 1. The number of thioether (sulfide) groups is 1. The number of primary sulfonamides is 1.